The molecule has 2 rings (SSSR count). The largest absolute Gasteiger partial charge is 0.338 e. The van der Waals surface area contributed by atoms with Crippen molar-refractivity contribution >= 4 is 5.91 Å². The number of benzene rings is 1. The Morgan fingerprint density at radius 2 is 2.12 bits per heavy atom. The van der Waals surface area contributed by atoms with Gasteiger partial charge in [0.2, 0.25) is 5.91 Å². The molecule has 1 amide bonds. The van der Waals surface area contributed by atoms with Crippen LogP contribution in [-0.4, -0.2) is 17.4 Å². The van der Waals surface area contributed by atoms with E-state index < -0.39 is 0 Å². The van der Waals surface area contributed by atoms with Crippen LogP contribution in [-0.2, 0) is 17.9 Å². The van der Waals surface area contributed by atoms with Gasteiger partial charge in [0.25, 0.3) is 0 Å². The second-order valence-corrected chi connectivity index (χ2v) is 4.01. The lowest BCUT2D eigenvalue weighted by Crippen LogP contribution is -2.24. The van der Waals surface area contributed by atoms with Crippen LogP contribution in [0.4, 0.5) is 4.39 Å². The van der Waals surface area contributed by atoms with Gasteiger partial charge < -0.3 is 10.6 Å². The highest BCUT2D eigenvalue weighted by Gasteiger charge is 2.21. The van der Waals surface area contributed by atoms with Crippen molar-refractivity contribution in [3.8, 4) is 0 Å². The minimum atomic E-state index is -0.273. The minimum Gasteiger partial charge on any atom is -0.338 e. The van der Waals surface area contributed by atoms with Crippen LogP contribution in [0.1, 0.15) is 24.0 Å². The van der Waals surface area contributed by atoms with Crippen molar-refractivity contribution in [3.63, 3.8) is 0 Å². The second-order valence-electron chi connectivity index (χ2n) is 4.01. The zero-order chi connectivity index (χ0) is 11.5. The van der Waals surface area contributed by atoms with Gasteiger partial charge in [-0.2, -0.15) is 0 Å². The molecule has 1 aromatic carbocycles. The monoisotopic (exact) mass is 222 g/mol. The summed E-state index contributed by atoms with van der Waals surface area (Å²) in [4.78, 5) is 13.1. The quantitative estimate of drug-likeness (QED) is 0.840. The lowest BCUT2D eigenvalue weighted by molar-refractivity contribution is -0.128. The van der Waals surface area contributed by atoms with Gasteiger partial charge in [0.15, 0.2) is 0 Å². The third-order valence-electron chi connectivity index (χ3n) is 2.91. The van der Waals surface area contributed by atoms with Gasteiger partial charge in [-0.15, -0.1) is 0 Å². The average Bonchev–Trinajstić information content (AvgIpc) is 2.68. The molecule has 0 spiro atoms. The third kappa shape index (κ3) is 2.07. The number of hydrogen-bond donors (Lipinski definition) is 1. The Balaban J connectivity index is 2.18. The summed E-state index contributed by atoms with van der Waals surface area (Å²) in [5, 5.41) is 0. The highest BCUT2D eigenvalue weighted by Crippen LogP contribution is 2.18. The lowest BCUT2D eigenvalue weighted by Gasteiger charge is -2.16. The van der Waals surface area contributed by atoms with E-state index in [-0.39, 0.29) is 18.3 Å². The summed E-state index contributed by atoms with van der Waals surface area (Å²) in [6.07, 6.45) is 1.45. The first-order valence-corrected chi connectivity index (χ1v) is 5.46. The zero-order valence-corrected chi connectivity index (χ0v) is 9.08. The number of rotatable bonds is 3. The van der Waals surface area contributed by atoms with Crippen molar-refractivity contribution in [1.82, 2.24) is 4.90 Å². The van der Waals surface area contributed by atoms with Gasteiger partial charge in [-0.1, -0.05) is 18.2 Å². The van der Waals surface area contributed by atoms with Gasteiger partial charge in [-0.25, -0.2) is 4.39 Å². The van der Waals surface area contributed by atoms with Gasteiger partial charge >= 0.3 is 0 Å². The molecule has 3 nitrogen and oxygen atoms in total. The summed E-state index contributed by atoms with van der Waals surface area (Å²) in [6.45, 7) is 1.28. The van der Waals surface area contributed by atoms with E-state index >= 15 is 0 Å². The van der Waals surface area contributed by atoms with Crippen LogP contribution < -0.4 is 5.73 Å². The number of hydrogen-bond acceptors (Lipinski definition) is 2. The van der Waals surface area contributed by atoms with Gasteiger partial charge in [-0.3, -0.25) is 4.79 Å². The van der Waals surface area contributed by atoms with E-state index in [1.807, 2.05) is 0 Å². The molecule has 1 aliphatic heterocycles. The van der Waals surface area contributed by atoms with Gasteiger partial charge in [0, 0.05) is 37.2 Å². The standard InChI is InChI=1S/C12H15FN2O/c13-12-9(7-14)3-1-4-10(12)8-15-6-2-5-11(15)16/h1,3-4H,2,5-8,14H2. The summed E-state index contributed by atoms with van der Waals surface area (Å²) in [6, 6.07) is 5.16. The molecule has 1 aromatic rings. The summed E-state index contributed by atoms with van der Waals surface area (Å²) in [5.41, 5.74) is 6.49. The van der Waals surface area contributed by atoms with Crippen LogP contribution in [0.5, 0.6) is 0 Å². The Bertz CT molecular complexity index is 406. The predicted octanol–water partition coefficient (Wildman–Crippen LogP) is 1.41. The lowest BCUT2D eigenvalue weighted by atomic mass is 10.1. The molecular formula is C12H15FN2O. The number of carbonyl (C=O) groups is 1. The first-order chi connectivity index (χ1) is 7.72. The number of nitrogens with two attached hydrogens (primary N) is 1. The van der Waals surface area contributed by atoms with E-state index in [2.05, 4.69) is 0 Å². The van der Waals surface area contributed by atoms with E-state index in [0.29, 0.717) is 24.1 Å². The highest BCUT2D eigenvalue weighted by molar-refractivity contribution is 5.78. The first kappa shape index (κ1) is 11.1. The Labute approximate surface area is 94.0 Å². The van der Waals surface area contributed by atoms with E-state index in [1.54, 1.807) is 23.1 Å². The molecule has 0 aromatic heterocycles. The highest BCUT2D eigenvalue weighted by atomic mass is 19.1. The van der Waals surface area contributed by atoms with Gasteiger partial charge in [0.1, 0.15) is 5.82 Å². The minimum absolute atomic E-state index is 0.109. The Hall–Kier alpha value is -1.42. The fourth-order valence-electron chi connectivity index (χ4n) is 1.99. The summed E-state index contributed by atoms with van der Waals surface area (Å²) in [7, 11) is 0. The van der Waals surface area contributed by atoms with E-state index in [0.717, 1.165) is 13.0 Å². The SMILES string of the molecule is NCc1cccc(CN2CCCC2=O)c1F. The van der Waals surface area contributed by atoms with Crippen molar-refractivity contribution in [2.24, 2.45) is 5.73 Å². The molecule has 16 heavy (non-hydrogen) atoms. The topological polar surface area (TPSA) is 46.3 Å². The maximum absolute atomic E-state index is 13.8. The summed E-state index contributed by atoms with van der Waals surface area (Å²) >= 11 is 0. The summed E-state index contributed by atoms with van der Waals surface area (Å²) < 4.78 is 13.8. The fraction of sp³-hybridized carbons (Fsp3) is 0.417. The molecule has 1 aliphatic rings. The maximum Gasteiger partial charge on any atom is 0.222 e. The van der Waals surface area contributed by atoms with Crippen LogP contribution in [0.3, 0.4) is 0 Å². The van der Waals surface area contributed by atoms with Crippen molar-refractivity contribution in [1.29, 1.82) is 0 Å². The van der Waals surface area contributed by atoms with Crippen LogP contribution in [0.2, 0.25) is 0 Å². The Morgan fingerprint density at radius 1 is 1.38 bits per heavy atom. The number of amides is 1. The van der Waals surface area contributed by atoms with Crippen LogP contribution in [0.15, 0.2) is 18.2 Å². The Kier molecular flexibility index (Phi) is 3.19. The molecule has 0 radical (unpaired) electrons. The first-order valence-electron chi connectivity index (χ1n) is 5.46. The van der Waals surface area contributed by atoms with Gasteiger partial charge in [-0.05, 0) is 6.42 Å². The number of carbonyl (C=O) groups excluding carboxylic acids is 1. The van der Waals surface area contributed by atoms with E-state index in [4.69, 9.17) is 5.73 Å². The van der Waals surface area contributed by atoms with Crippen LogP contribution >= 0.6 is 0 Å². The fourth-order valence-corrected chi connectivity index (χ4v) is 1.99. The molecule has 0 bridgehead atoms. The van der Waals surface area contributed by atoms with Crippen LogP contribution in [0.25, 0.3) is 0 Å². The van der Waals surface area contributed by atoms with Crippen molar-refractivity contribution in [3.05, 3.63) is 35.1 Å². The average molecular weight is 222 g/mol. The van der Waals surface area contributed by atoms with Crippen LogP contribution in [0, 0.1) is 5.82 Å². The number of nitrogens with zero attached hydrogens (tertiary/aromatic N) is 1. The number of halogens is 1. The van der Waals surface area contributed by atoms with Crippen molar-refractivity contribution in [2.75, 3.05) is 6.54 Å². The molecule has 1 saturated heterocycles. The summed E-state index contributed by atoms with van der Waals surface area (Å²) in [5.74, 6) is -0.165. The molecule has 0 aliphatic carbocycles. The molecule has 4 heteroatoms. The molecule has 0 atom stereocenters. The molecule has 1 fully saturated rings. The second kappa shape index (κ2) is 4.61. The zero-order valence-electron chi connectivity index (χ0n) is 9.08. The molecule has 0 unspecified atom stereocenters. The van der Waals surface area contributed by atoms with Gasteiger partial charge in [0.05, 0.1) is 0 Å². The molecule has 2 N–H and O–H groups in total. The smallest absolute Gasteiger partial charge is 0.222 e. The van der Waals surface area contributed by atoms with Crippen molar-refractivity contribution in [2.45, 2.75) is 25.9 Å². The molecule has 86 valence electrons. The Morgan fingerprint density at radius 3 is 2.75 bits per heavy atom. The van der Waals surface area contributed by atoms with Crippen molar-refractivity contribution < 1.29 is 9.18 Å². The van der Waals surface area contributed by atoms with E-state index in [1.165, 1.54) is 0 Å². The molecule has 0 saturated carbocycles. The van der Waals surface area contributed by atoms with E-state index in [9.17, 15) is 9.18 Å². The molecular weight excluding hydrogens is 207 g/mol. The normalized spacial score (nSPS) is 15.9. The maximum atomic E-state index is 13.8. The number of likely N-dealkylation sites (tertiary alicyclic amines) is 1. The predicted molar refractivity (Wildman–Crippen MR) is 58.9 cm³/mol. The molecule has 1 heterocycles. The third-order valence-corrected chi connectivity index (χ3v) is 2.91.